The fourth-order valence-corrected chi connectivity index (χ4v) is 1.60. The van der Waals surface area contributed by atoms with Crippen LogP contribution in [-0.2, 0) is 9.53 Å². The lowest BCUT2D eigenvalue weighted by molar-refractivity contribution is -0.130. The molecule has 1 aliphatic heterocycles. The molecule has 1 amide bonds. The molecule has 0 spiro atoms. The van der Waals surface area contributed by atoms with E-state index in [4.69, 9.17) is 4.74 Å². The number of aliphatic hydroxyl groups excluding tert-OH is 1. The third-order valence-electron chi connectivity index (χ3n) is 2.31. The Morgan fingerprint density at radius 1 is 1.67 bits per heavy atom. The predicted molar refractivity (Wildman–Crippen MR) is 56.5 cm³/mol. The molecule has 1 fully saturated rings. The number of rotatable bonds is 5. The van der Waals surface area contributed by atoms with Crippen molar-refractivity contribution in [1.82, 2.24) is 10.2 Å². The molecule has 0 bridgehead atoms. The highest BCUT2D eigenvalue weighted by molar-refractivity contribution is 5.80. The summed E-state index contributed by atoms with van der Waals surface area (Å²) in [4.78, 5) is 13.4. The molecule has 1 heterocycles. The third-order valence-corrected chi connectivity index (χ3v) is 2.31. The van der Waals surface area contributed by atoms with Gasteiger partial charge in [-0.2, -0.15) is 0 Å². The second-order valence-corrected chi connectivity index (χ2v) is 4.16. The molecule has 5 heteroatoms. The lowest BCUT2D eigenvalue weighted by atomic mass is 10.2. The number of nitrogens with one attached hydrogen (secondary N) is 1. The van der Waals surface area contributed by atoms with Crippen molar-refractivity contribution in [2.24, 2.45) is 0 Å². The number of hydrogen-bond acceptors (Lipinski definition) is 4. The lowest BCUT2D eigenvalue weighted by Crippen LogP contribution is -2.41. The second kappa shape index (κ2) is 6.05. The van der Waals surface area contributed by atoms with E-state index in [1.54, 1.807) is 0 Å². The van der Waals surface area contributed by atoms with Crippen LogP contribution in [0, 0.1) is 0 Å². The lowest BCUT2D eigenvalue weighted by Gasteiger charge is -2.17. The summed E-state index contributed by atoms with van der Waals surface area (Å²) < 4.78 is 5.22. The summed E-state index contributed by atoms with van der Waals surface area (Å²) in [5.41, 5.74) is 0. The van der Waals surface area contributed by atoms with Gasteiger partial charge < -0.3 is 20.1 Å². The van der Waals surface area contributed by atoms with Crippen LogP contribution in [0.2, 0.25) is 0 Å². The normalized spacial score (nSPS) is 23.1. The summed E-state index contributed by atoms with van der Waals surface area (Å²) in [5.74, 6) is -0.106. The van der Waals surface area contributed by atoms with E-state index in [1.165, 1.54) is 0 Å². The van der Waals surface area contributed by atoms with Gasteiger partial charge in [0.15, 0.2) is 0 Å². The quantitative estimate of drug-likeness (QED) is 0.632. The molecular formula is C10H20N2O3. The van der Waals surface area contributed by atoms with Gasteiger partial charge in [0.25, 0.3) is 0 Å². The molecule has 0 aromatic rings. The van der Waals surface area contributed by atoms with Gasteiger partial charge in [0, 0.05) is 19.7 Å². The topological polar surface area (TPSA) is 61.8 Å². The number of carbonyl (C=O) groups excluding carboxylic acids is 1. The molecule has 0 aromatic heterocycles. The van der Waals surface area contributed by atoms with Crippen molar-refractivity contribution < 1.29 is 14.6 Å². The molecule has 0 aliphatic carbocycles. The summed E-state index contributed by atoms with van der Waals surface area (Å²) in [6.07, 6.45) is 0.899. The highest BCUT2D eigenvalue weighted by Crippen LogP contribution is 2.11. The number of carbonyl (C=O) groups is 1. The van der Waals surface area contributed by atoms with Crippen molar-refractivity contribution in [2.45, 2.75) is 25.0 Å². The van der Waals surface area contributed by atoms with Gasteiger partial charge in [0.1, 0.15) is 6.10 Å². The zero-order valence-electron chi connectivity index (χ0n) is 9.40. The highest BCUT2D eigenvalue weighted by Gasteiger charge is 2.23. The van der Waals surface area contributed by atoms with Gasteiger partial charge in [-0.25, -0.2) is 0 Å². The molecule has 2 unspecified atom stereocenters. The van der Waals surface area contributed by atoms with Gasteiger partial charge in [-0.05, 0) is 26.9 Å². The number of ether oxygens (including phenoxy) is 1. The molecule has 2 atom stereocenters. The highest BCUT2D eigenvalue weighted by atomic mass is 16.5. The molecule has 1 saturated heterocycles. The first-order chi connectivity index (χ1) is 7.09. The minimum Gasteiger partial charge on any atom is -0.390 e. The first-order valence-electron chi connectivity index (χ1n) is 5.31. The minimum absolute atomic E-state index is 0.106. The van der Waals surface area contributed by atoms with Gasteiger partial charge in [-0.1, -0.05) is 0 Å². The van der Waals surface area contributed by atoms with Crippen LogP contribution in [0.5, 0.6) is 0 Å². The van der Waals surface area contributed by atoms with Gasteiger partial charge in [0.05, 0.1) is 6.10 Å². The zero-order chi connectivity index (χ0) is 11.3. The van der Waals surface area contributed by atoms with Crippen LogP contribution in [0.15, 0.2) is 0 Å². The maximum Gasteiger partial charge on any atom is 0.249 e. The van der Waals surface area contributed by atoms with E-state index in [0.717, 1.165) is 12.8 Å². The van der Waals surface area contributed by atoms with Crippen molar-refractivity contribution in [1.29, 1.82) is 0 Å². The van der Waals surface area contributed by atoms with Gasteiger partial charge in [-0.15, -0.1) is 0 Å². The van der Waals surface area contributed by atoms with Gasteiger partial charge in [0.2, 0.25) is 5.91 Å². The molecule has 88 valence electrons. The van der Waals surface area contributed by atoms with Crippen LogP contribution in [0.1, 0.15) is 12.8 Å². The Morgan fingerprint density at radius 2 is 2.40 bits per heavy atom. The molecule has 0 radical (unpaired) electrons. The van der Waals surface area contributed by atoms with Crippen LogP contribution in [-0.4, -0.2) is 61.9 Å². The number of likely N-dealkylation sites (N-methyl/N-ethyl adjacent to an activating group) is 1. The Labute approximate surface area is 90.4 Å². The first kappa shape index (κ1) is 12.4. The molecule has 0 saturated carbocycles. The van der Waals surface area contributed by atoms with Crippen LogP contribution in [0.4, 0.5) is 0 Å². The predicted octanol–water partition coefficient (Wildman–Crippen LogP) is -0.796. The average Bonchev–Trinajstić information content (AvgIpc) is 2.65. The summed E-state index contributed by atoms with van der Waals surface area (Å²) in [5, 5.41) is 12.2. The number of aliphatic hydroxyl groups is 1. The molecule has 15 heavy (non-hydrogen) atoms. The van der Waals surface area contributed by atoms with E-state index in [-0.39, 0.29) is 18.6 Å². The minimum atomic E-state index is -0.523. The largest absolute Gasteiger partial charge is 0.390 e. The van der Waals surface area contributed by atoms with Crippen molar-refractivity contribution in [3.63, 3.8) is 0 Å². The van der Waals surface area contributed by atoms with Gasteiger partial charge >= 0.3 is 0 Å². The maximum atomic E-state index is 11.5. The summed E-state index contributed by atoms with van der Waals surface area (Å²) in [6, 6.07) is 0. The van der Waals surface area contributed by atoms with Crippen LogP contribution in [0.25, 0.3) is 0 Å². The number of hydrogen-bond donors (Lipinski definition) is 2. The summed E-state index contributed by atoms with van der Waals surface area (Å²) >= 11 is 0. The zero-order valence-corrected chi connectivity index (χ0v) is 9.40. The Balaban J connectivity index is 2.15. The second-order valence-electron chi connectivity index (χ2n) is 4.16. The Hall–Kier alpha value is -0.650. The van der Waals surface area contributed by atoms with Gasteiger partial charge in [-0.3, -0.25) is 4.79 Å². The summed E-state index contributed by atoms with van der Waals surface area (Å²) in [6.45, 7) is 1.50. The molecule has 2 N–H and O–H groups in total. The smallest absolute Gasteiger partial charge is 0.249 e. The Kier molecular flexibility index (Phi) is 5.01. The van der Waals surface area contributed by atoms with Crippen LogP contribution in [0.3, 0.4) is 0 Å². The Bertz CT molecular complexity index is 203. The third kappa shape index (κ3) is 4.59. The standard InChI is InChI=1S/C10H20N2O3/c1-12(2)7-8(13)6-11-10(14)9-4-3-5-15-9/h8-9,13H,3-7H2,1-2H3,(H,11,14). The summed E-state index contributed by atoms with van der Waals surface area (Å²) in [7, 11) is 3.76. The van der Waals surface area contributed by atoms with E-state index >= 15 is 0 Å². The SMILES string of the molecule is CN(C)CC(O)CNC(=O)C1CCCO1. The molecule has 0 aromatic carbocycles. The number of nitrogens with zero attached hydrogens (tertiary/aromatic N) is 1. The number of amides is 1. The fraction of sp³-hybridized carbons (Fsp3) is 0.900. The van der Waals surface area contributed by atoms with E-state index in [1.807, 2.05) is 19.0 Å². The molecular weight excluding hydrogens is 196 g/mol. The van der Waals surface area contributed by atoms with E-state index < -0.39 is 6.10 Å². The van der Waals surface area contributed by atoms with Crippen molar-refractivity contribution in [2.75, 3.05) is 33.8 Å². The average molecular weight is 216 g/mol. The fourth-order valence-electron chi connectivity index (χ4n) is 1.60. The van der Waals surface area contributed by atoms with Crippen molar-refractivity contribution in [3.05, 3.63) is 0 Å². The Morgan fingerprint density at radius 3 is 2.93 bits per heavy atom. The van der Waals surface area contributed by atoms with Crippen LogP contribution >= 0.6 is 0 Å². The van der Waals surface area contributed by atoms with E-state index in [9.17, 15) is 9.90 Å². The molecule has 1 aliphatic rings. The first-order valence-corrected chi connectivity index (χ1v) is 5.31. The molecule has 1 rings (SSSR count). The molecule has 5 nitrogen and oxygen atoms in total. The van der Waals surface area contributed by atoms with E-state index in [0.29, 0.717) is 13.2 Å². The van der Waals surface area contributed by atoms with E-state index in [2.05, 4.69) is 5.32 Å². The van der Waals surface area contributed by atoms with Crippen LogP contribution < -0.4 is 5.32 Å². The van der Waals surface area contributed by atoms with Crippen molar-refractivity contribution >= 4 is 5.91 Å². The maximum absolute atomic E-state index is 11.5. The monoisotopic (exact) mass is 216 g/mol. The van der Waals surface area contributed by atoms with Crippen molar-refractivity contribution in [3.8, 4) is 0 Å².